The highest BCUT2D eigenvalue weighted by Crippen LogP contribution is 2.27. The second kappa shape index (κ2) is 7.78. The summed E-state index contributed by atoms with van der Waals surface area (Å²) in [7, 11) is 0. The number of morpholine rings is 1. The zero-order chi connectivity index (χ0) is 15.2. The van der Waals surface area contributed by atoms with Gasteiger partial charge in [-0.1, -0.05) is 43.6 Å². The summed E-state index contributed by atoms with van der Waals surface area (Å²) in [6, 6.07) is 7.93. The fourth-order valence-corrected chi connectivity index (χ4v) is 2.73. The average molecular weight is 311 g/mol. The van der Waals surface area contributed by atoms with E-state index in [0.717, 1.165) is 36.9 Å². The van der Waals surface area contributed by atoms with Crippen LogP contribution in [0.15, 0.2) is 24.3 Å². The quantitative estimate of drug-likeness (QED) is 0.908. The molecule has 0 bridgehead atoms. The van der Waals surface area contributed by atoms with E-state index < -0.39 is 0 Å². The molecule has 1 saturated heterocycles. The number of rotatable bonds is 5. The van der Waals surface area contributed by atoms with E-state index in [1.54, 1.807) is 0 Å². The Morgan fingerprint density at radius 2 is 2.00 bits per heavy atom. The molecule has 1 N–H and O–H groups in total. The molecular formula is C16H23ClN2O2. The molecule has 1 heterocycles. The summed E-state index contributed by atoms with van der Waals surface area (Å²) >= 11 is 6.35. The summed E-state index contributed by atoms with van der Waals surface area (Å²) in [6.45, 7) is 7.52. The van der Waals surface area contributed by atoms with Gasteiger partial charge in [-0.05, 0) is 11.6 Å². The zero-order valence-electron chi connectivity index (χ0n) is 12.6. The Balaban J connectivity index is 2.14. The first-order valence-electron chi connectivity index (χ1n) is 7.43. The number of nitrogens with one attached hydrogen (secondary N) is 1. The minimum absolute atomic E-state index is 0.0124. The van der Waals surface area contributed by atoms with Gasteiger partial charge in [-0.15, -0.1) is 0 Å². The Bertz CT molecular complexity index is 473. The van der Waals surface area contributed by atoms with Crippen molar-refractivity contribution in [2.24, 2.45) is 5.92 Å². The number of benzene rings is 1. The predicted molar refractivity (Wildman–Crippen MR) is 84.4 cm³/mol. The third kappa shape index (κ3) is 4.43. The third-order valence-electron chi connectivity index (χ3n) is 3.74. The molecule has 5 heteroatoms. The molecule has 1 fully saturated rings. The molecule has 4 nitrogen and oxygen atoms in total. The van der Waals surface area contributed by atoms with Gasteiger partial charge in [0.2, 0.25) is 5.91 Å². The molecular weight excluding hydrogens is 288 g/mol. The first kappa shape index (κ1) is 16.3. The van der Waals surface area contributed by atoms with Gasteiger partial charge in [-0.25, -0.2) is 0 Å². The highest BCUT2D eigenvalue weighted by molar-refractivity contribution is 6.31. The largest absolute Gasteiger partial charge is 0.379 e. The van der Waals surface area contributed by atoms with Crippen LogP contribution >= 0.6 is 11.6 Å². The number of hydrogen-bond donors (Lipinski definition) is 1. The third-order valence-corrected chi connectivity index (χ3v) is 4.09. The van der Waals surface area contributed by atoms with Crippen LogP contribution < -0.4 is 5.32 Å². The summed E-state index contributed by atoms with van der Waals surface area (Å²) in [5.74, 6) is 0.0573. The fraction of sp³-hybridized carbons (Fsp3) is 0.562. The van der Waals surface area contributed by atoms with Crippen LogP contribution in [-0.4, -0.2) is 43.7 Å². The van der Waals surface area contributed by atoms with E-state index in [2.05, 4.69) is 10.2 Å². The van der Waals surface area contributed by atoms with E-state index in [1.807, 2.05) is 38.1 Å². The Hall–Kier alpha value is -1.10. The highest BCUT2D eigenvalue weighted by atomic mass is 35.5. The van der Waals surface area contributed by atoms with Gasteiger partial charge in [-0.2, -0.15) is 0 Å². The van der Waals surface area contributed by atoms with Gasteiger partial charge in [0.1, 0.15) is 0 Å². The molecule has 1 unspecified atom stereocenters. The number of ether oxygens (including phenoxy) is 1. The number of carbonyl (C=O) groups is 1. The lowest BCUT2D eigenvalue weighted by molar-refractivity contribution is -0.124. The van der Waals surface area contributed by atoms with Crippen molar-refractivity contribution < 1.29 is 9.53 Å². The summed E-state index contributed by atoms with van der Waals surface area (Å²) < 4.78 is 5.42. The summed E-state index contributed by atoms with van der Waals surface area (Å²) in [5, 5.41) is 3.77. The molecule has 21 heavy (non-hydrogen) atoms. The molecule has 1 aromatic carbocycles. The SMILES string of the molecule is CC(C)C(=O)NCC(c1ccccc1Cl)N1CCOCC1. The molecule has 0 aromatic heterocycles. The summed E-state index contributed by atoms with van der Waals surface area (Å²) in [6.07, 6.45) is 0. The minimum Gasteiger partial charge on any atom is -0.379 e. The van der Waals surface area contributed by atoms with E-state index in [4.69, 9.17) is 16.3 Å². The van der Waals surface area contributed by atoms with Crippen LogP contribution in [0.5, 0.6) is 0 Å². The molecule has 2 rings (SSSR count). The van der Waals surface area contributed by atoms with E-state index in [9.17, 15) is 4.79 Å². The Morgan fingerprint density at radius 1 is 1.33 bits per heavy atom. The van der Waals surface area contributed by atoms with Crippen molar-refractivity contribution in [3.8, 4) is 0 Å². The number of halogens is 1. The predicted octanol–water partition coefficient (Wildman–Crippen LogP) is 2.49. The number of hydrogen-bond acceptors (Lipinski definition) is 3. The summed E-state index contributed by atoms with van der Waals surface area (Å²) in [5.41, 5.74) is 1.06. The molecule has 1 aliphatic rings. The van der Waals surface area contributed by atoms with Crippen molar-refractivity contribution in [3.05, 3.63) is 34.9 Å². The van der Waals surface area contributed by atoms with E-state index in [1.165, 1.54) is 0 Å². The van der Waals surface area contributed by atoms with Crippen molar-refractivity contribution in [3.63, 3.8) is 0 Å². The van der Waals surface area contributed by atoms with Crippen molar-refractivity contribution in [2.75, 3.05) is 32.8 Å². The Morgan fingerprint density at radius 3 is 2.62 bits per heavy atom. The maximum absolute atomic E-state index is 11.9. The van der Waals surface area contributed by atoms with Crippen LogP contribution in [0.25, 0.3) is 0 Å². The monoisotopic (exact) mass is 310 g/mol. The van der Waals surface area contributed by atoms with Crippen LogP contribution in [0.4, 0.5) is 0 Å². The standard InChI is InChI=1S/C16H23ClN2O2/c1-12(2)16(20)18-11-15(19-7-9-21-10-8-19)13-5-3-4-6-14(13)17/h3-6,12,15H,7-11H2,1-2H3,(H,18,20). The van der Waals surface area contributed by atoms with Crippen molar-refractivity contribution in [1.82, 2.24) is 10.2 Å². The second-order valence-corrected chi connectivity index (χ2v) is 5.99. The first-order chi connectivity index (χ1) is 10.1. The molecule has 0 radical (unpaired) electrons. The van der Waals surface area contributed by atoms with Gasteiger partial charge in [-0.3, -0.25) is 9.69 Å². The van der Waals surface area contributed by atoms with Gasteiger partial charge in [0.25, 0.3) is 0 Å². The molecule has 1 aromatic rings. The maximum atomic E-state index is 11.9. The van der Waals surface area contributed by atoms with Crippen LogP contribution in [0.1, 0.15) is 25.5 Å². The average Bonchev–Trinajstić information content (AvgIpc) is 2.50. The first-order valence-corrected chi connectivity index (χ1v) is 7.81. The van der Waals surface area contributed by atoms with Crippen molar-refractivity contribution in [1.29, 1.82) is 0 Å². The highest BCUT2D eigenvalue weighted by Gasteiger charge is 2.25. The number of carbonyl (C=O) groups excluding carboxylic acids is 1. The topological polar surface area (TPSA) is 41.6 Å². The van der Waals surface area contributed by atoms with Crippen LogP contribution in [0.2, 0.25) is 5.02 Å². The molecule has 1 atom stereocenters. The van der Waals surface area contributed by atoms with Crippen LogP contribution in [-0.2, 0) is 9.53 Å². The normalized spacial score (nSPS) is 17.7. The summed E-state index contributed by atoms with van der Waals surface area (Å²) in [4.78, 5) is 14.2. The minimum atomic E-state index is -0.0124. The van der Waals surface area contributed by atoms with Gasteiger partial charge in [0.15, 0.2) is 0 Å². The van der Waals surface area contributed by atoms with Gasteiger partial charge >= 0.3 is 0 Å². The maximum Gasteiger partial charge on any atom is 0.222 e. The second-order valence-electron chi connectivity index (χ2n) is 5.59. The Kier molecular flexibility index (Phi) is 6.03. The zero-order valence-corrected chi connectivity index (χ0v) is 13.4. The lowest BCUT2D eigenvalue weighted by Gasteiger charge is -2.35. The van der Waals surface area contributed by atoms with E-state index in [-0.39, 0.29) is 17.9 Å². The van der Waals surface area contributed by atoms with Crippen LogP contribution in [0.3, 0.4) is 0 Å². The molecule has 116 valence electrons. The van der Waals surface area contributed by atoms with Gasteiger partial charge in [0.05, 0.1) is 19.3 Å². The fourth-order valence-electron chi connectivity index (χ4n) is 2.47. The van der Waals surface area contributed by atoms with E-state index >= 15 is 0 Å². The number of amides is 1. The molecule has 1 amide bonds. The lowest BCUT2D eigenvalue weighted by Crippen LogP contribution is -2.44. The van der Waals surface area contributed by atoms with Crippen LogP contribution in [0, 0.1) is 5.92 Å². The lowest BCUT2D eigenvalue weighted by atomic mass is 10.0. The Labute approximate surface area is 131 Å². The number of nitrogens with zero attached hydrogens (tertiary/aromatic N) is 1. The van der Waals surface area contributed by atoms with Crippen molar-refractivity contribution >= 4 is 17.5 Å². The molecule has 0 saturated carbocycles. The van der Waals surface area contributed by atoms with E-state index in [0.29, 0.717) is 6.54 Å². The van der Waals surface area contributed by atoms with Gasteiger partial charge in [0, 0.05) is 30.6 Å². The van der Waals surface area contributed by atoms with Gasteiger partial charge < -0.3 is 10.1 Å². The molecule has 0 aliphatic carbocycles. The molecule has 1 aliphatic heterocycles. The molecule has 0 spiro atoms. The van der Waals surface area contributed by atoms with Crippen molar-refractivity contribution in [2.45, 2.75) is 19.9 Å². The smallest absolute Gasteiger partial charge is 0.222 e.